The summed E-state index contributed by atoms with van der Waals surface area (Å²) in [7, 11) is 0. The van der Waals surface area contributed by atoms with Crippen LogP contribution in [-0.2, 0) is 9.59 Å². The molecule has 0 aromatic carbocycles. The van der Waals surface area contributed by atoms with Gasteiger partial charge in [0.15, 0.2) is 0 Å². The molecule has 2 fully saturated rings. The highest BCUT2D eigenvalue weighted by Gasteiger charge is 2.31. The van der Waals surface area contributed by atoms with Crippen LogP contribution in [0.1, 0.15) is 32.1 Å². The molecule has 1 saturated carbocycles. The Hall–Kier alpha value is -1.10. The van der Waals surface area contributed by atoms with Gasteiger partial charge < -0.3 is 16.4 Å². The molecule has 0 aromatic heterocycles. The fourth-order valence-corrected chi connectivity index (χ4v) is 2.26. The van der Waals surface area contributed by atoms with Crippen molar-refractivity contribution in [2.75, 3.05) is 0 Å². The summed E-state index contributed by atoms with van der Waals surface area (Å²) in [6, 6.07) is -0.175. The molecule has 3 atom stereocenters. The van der Waals surface area contributed by atoms with Gasteiger partial charge in [-0.15, -0.1) is 0 Å². The standard InChI is InChI=1S/C10H17N3O2/c11-6-2-1-3-7(6)13-10(15)8-4-5-9(14)12-8/h6-8H,1-5,11H2,(H,12,14)(H,13,15)/t6?,7?,8-/m1/s1. The average Bonchev–Trinajstić information content (AvgIpc) is 2.77. The summed E-state index contributed by atoms with van der Waals surface area (Å²) in [5.74, 6) is -0.117. The van der Waals surface area contributed by atoms with Crippen molar-refractivity contribution in [2.45, 2.75) is 50.2 Å². The van der Waals surface area contributed by atoms with Crippen LogP contribution >= 0.6 is 0 Å². The number of hydrogen-bond donors (Lipinski definition) is 3. The van der Waals surface area contributed by atoms with Gasteiger partial charge in [0.1, 0.15) is 6.04 Å². The topological polar surface area (TPSA) is 84.2 Å². The summed E-state index contributed by atoms with van der Waals surface area (Å²) < 4.78 is 0. The van der Waals surface area contributed by atoms with Crippen LogP contribution in [0.5, 0.6) is 0 Å². The van der Waals surface area contributed by atoms with Crippen molar-refractivity contribution < 1.29 is 9.59 Å². The first-order valence-corrected chi connectivity index (χ1v) is 5.52. The van der Waals surface area contributed by atoms with Crippen molar-refractivity contribution in [1.29, 1.82) is 0 Å². The largest absolute Gasteiger partial charge is 0.350 e. The lowest BCUT2D eigenvalue weighted by Crippen LogP contribution is -2.50. The van der Waals surface area contributed by atoms with Crippen LogP contribution < -0.4 is 16.4 Å². The maximum Gasteiger partial charge on any atom is 0.242 e. The summed E-state index contributed by atoms with van der Waals surface area (Å²) in [5.41, 5.74) is 5.85. The summed E-state index contributed by atoms with van der Waals surface area (Å²) in [6.07, 6.45) is 4.06. The Labute approximate surface area is 88.8 Å². The van der Waals surface area contributed by atoms with Crippen LogP contribution in [-0.4, -0.2) is 29.9 Å². The minimum atomic E-state index is -0.342. The highest BCUT2D eigenvalue weighted by Crippen LogP contribution is 2.17. The lowest BCUT2D eigenvalue weighted by Gasteiger charge is -2.19. The third-order valence-electron chi connectivity index (χ3n) is 3.21. The molecule has 1 heterocycles. The lowest BCUT2D eigenvalue weighted by molar-refractivity contribution is -0.126. The molecule has 0 radical (unpaired) electrons. The van der Waals surface area contributed by atoms with Crippen molar-refractivity contribution in [3.05, 3.63) is 0 Å². The Balaban J connectivity index is 1.84. The molecule has 2 unspecified atom stereocenters. The van der Waals surface area contributed by atoms with Gasteiger partial charge >= 0.3 is 0 Å². The average molecular weight is 211 g/mol. The number of hydrogen-bond acceptors (Lipinski definition) is 3. The quantitative estimate of drug-likeness (QED) is 0.562. The molecule has 15 heavy (non-hydrogen) atoms. The Morgan fingerprint density at radius 2 is 2.20 bits per heavy atom. The highest BCUT2D eigenvalue weighted by atomic mass is 16.2. The minimum absolute atomic E-state index is 0.0362. The maximum atomic E-state index is 11.7. The van der Waals surface area contributed by atoms with E-state index in [0.717, 1.165) is 19.3 Å². The lowest BCUT2D eigenvalue weighted by atomic mass is 10.1. The van der Waals surface area contributed by atoms with Gasteiger partial charge in [0.2, 0.25) is 11.8 Å². The first kappa shape index (κ1) is 10.4. The zero-order valence-corrected chi connectivity index (χ0v) is 8.66. The SMILES string of the molecule is NC1CCCC1NC(=O)[C@H]1CCC(=O)N1. The maximum absolute atomic E-state index is 11.7. The van der Waals surface area contributed by atoms with Gasteiger partial charge in [0.25, 0.3) is 0 Å². The second kappa shape index (κ2) is 4.18. The predicted octanol–water partition coefficient (Wildman–Crippen LogP) is -0.739. The van der Waals surface area contributed by atoms with E-state index < -0.39 is 0 Å². The van der Waals surface area contributed by atoms with E-state index in [1.165, 1.54) is 0 Å². The molecule has 84 valence electrons. The van der Waals surface area contributed by atoms with E-state index in [2.05, 4.69) is 10.6 Å². The second-order valence-electron chi connectivity index (χ2n) is 4.37. The molecule has 0 bridgehead atoms. The number of rotatable bonds is 2. The molecule has 0 aromatic rings. The fourth-order valence-electron chi connectivity index (χ4n) is 2.26. The zero-order valence-electron chi connectivity index (χ0n) is 8.66. The van der Waals surface area contributed by atoms with Gasteiger partial charge in [-0.05, 0) is 25.7 Å². The van der Waals surface area contributed by atoms with E-state index in [9.17, 15) is 9.59 Å². The zero-order chi connectivity index (χ0) is 10.8. The molecule has 5 nitrogen and oxygen atoms in total. The highest BCUT2D eigenvalue weighted by molar-refractivity contribution is 5.90. The summed E-state index contributed by atoms with van der Waals surface area (Å²) in [5, 5.41) is 5.56. The number of carbonyl (C=O) groups excluding carboxylic acids is 2. The molecule has 2 rings (SSSR count). The molecule has 4 N–H and O–H groups in total. The van der Waals surface area contributed by atoms with Crippen molar-refractivity contribution in [3.63, 3.8) is 0 Å². The van der Waals surface area contributed by atoms with Crippen LogP contribution in [0.25, 0.3) is 0 Å². The van der Waals surface area contributed by atoms with Crippen molar-refractivity contribution in [3.8, 4) is 0 Å². The second-order valence-corrected chi connectivity index (χ2v) is 4.37. The van der Waals surface area contributed by atoms with Gasteiger partial charge in [0, 0.05) is 18.5 Å². The summed E-state index contributed by atoms with van der Waals surface area (Å²) >= 11 is 0. The molecule has 2 amide bonds. The molecule has 1 saturated heterocycles. The van der Waals surface area contributed by atoms with Crippen LogP contribution in [0.4, 0.5) is 0 Å². The number of nitrogens with two attached hydrogens (primary N) is 1. The van der Waals surface area contributed by atoms with E-state index in [1.807, 2.05) is 0 Å². The minimum Gasteiger partial charge on any atom is -0.350 e. The fraction of sp³-hybridized carbons (Fsp3) is 0.800. The molecule has 1 aliphatic carbocycles. The first-order chi connectivity index (χ1) is 7.16. The van der Waals surface area contributed by atoms with Crippen molar-refractivity contribution in [2.24, 2.45) is 5.73 Å². The van der Waals surface area contributed by atoms with E-state index >= 15 is 0 Å². The predicted molar refractivity (Wildman–Crippen MR) is 54.9 cm³/mol. The van der Waals surface area contributed by atoms with Crippen LogP contribution in [0.3, 0.4) is 0 Å². The molecule has 0 spiro atoms. The smallest absolute Gasteiger partial charge is 0.242 e. The Kier molecular flexibility index (Phi) is 2.90. The number of nitrogens with one attached hydrogen (secondary N) is 2. The van der Waals surface area contributed by atoms with Crippen LogP contribution in [0, 0.1) is 0 Å². The molecule has 1 aliphatic heterocycles. The van der Waals surface area contributed by atoms with Crippen LogP contribution in [0.15, 0.2) is 0 Å². The summed E-state index contributed by atoms with van der Waals surface area (Å²) in [6.45, 7) is 0. The Morgan fingerprint density at radius 1 is 1.40 bits per heavy atom. The monoisotopic (exact) mass is 211 g/mol. The number of amides is 2. The Bertz CT molecular complexity index is 280. The van der Waals surface area contributed by atoms with Gasteiger partial charge in [0.05, 0.1) is 0 Å². The van der Waals surface area contributed by atoms with Gasteiger partial charge in [-0.1, -0.05) is 0 Å². The van der Waals surface area contributed by atoms with E-state index in [-0.39, 0.29) is 29.9 Å². The van der Waals surface area contributed by atoms with Gasteiger partial charge in [-0.3, -0.25) is 9.59 Å². The van der Waals surface area contributed by atoms with E-state index in [0.29, 0.717) is 12.8 Å². The number of carbonyl (C=O) groups is 2. The van der Waals surface area contributed by atoms with Gasteiger partial charge in [-0.25, -0.2) is 0 Å². The first-order valence-electron chi connectivity index (χ1n) is 5.52. The molecular formula is C10H17N3O2. The molecule has 2 aliphatic rings. The normalized spacial score (nSPS) is 35.3. The van der Waals surface area contributed by atoms with Crippen molar-refractivity contribution in [1.82, 2.24) is 10.6 Å². The Morgan fingerprint density at radius 3 is 2.73 bits per heavy atom. The van der Waals surface area contributed by atoms with E-state index in [4.69, 9.17) is 5.73 Å². The van der Waals surface area contributed by atoms with Crippen molar-refractivity contribution >= 4 is 11.8 Å². The van der Waals surface area contributed by atoms with Gasteiger partial charge in [-0.2, -0.15) is 0 Å². The third-order valence-corrected chi connectivity index (χ3v) is 3.21. The van der Waals surface area contributed by atoms with E-state index in [1.54, 1.807) is 0 Å². The summed E-state index contributed by atoms with van der Waals surface area (Å²) in [4.78, 5) is 22.7. The molecular weight excluding hydrogens is 194 g/mol. The third kappa shape index (κ3) is 2.28. The van der Waals surface area contributed by atoms with Crippen LogP contribution in [0.2, 0.25) is 0 Å². The molecule has 5 heteroatoms.